The summed E-state index contributed by atoms with van der Waals surface area (Å²) in [6, 6.07) is 33.6. The molecular formula is C62H72O12. The van der Waals surface area contributed by atoms with E-state index in [9.17, 15) is 24.0 Å². The van der Waals surface area contributed by atoms with Crippen LogP contribution in [0.3, 0.4) is 0 Å². The van der Waals surface area contributed by atoms with Crippen LogP contribution in [0.2, 0.25) is 0 Å². The first-order valence-corrected chi connectivity index (χ1v) is 26.3. The first kappa shape index (κ1) is 56.2. The van der Waals surface area contributed by atoms with E-state index >= 15 is 0 Å². The van der Waals surface area contributed by atoms with Crippen LogP contribution >= 0.6 is 0 Å². The van der Waals surface area contributed by atoms with E-state index in [1.807, 2.05) is 30.3 Å². The Morgan fingerprint density at radius 3 is 1.50 bits per heavy atom. The maximum Gasteiger partial charge on any atom is 0.343 e. The summed E-state index contributed by atoms with van der Waals surface area (Å²) < 4.78 is 39.4. The maximum atomic E-state index is 12.9. The molecule has 1 aliphatic rings. The van der Waals surface area contributed by atoms with Crippen molar-refractivity contribution in [3.05, 3.63) is 151 Å². The molecule has 0 bridgehead atoms. The van der Waals surface area contributed by atoms with Gasteiger partial charge in [0.1, 0.15) is 35.4 Å². The molecule has 5 aromatic carbocycles. The summed E-state index contributed by atoms with van der Waals surface area (Å²) in [7, 11) is 0. The summed E-state index contributed by atoms with van der Waals surface area (Å²) in [6.07, 6.45) is 16.4. The topological polar surface area (TPSA) is 150 Å². The Balaban J connectivity index is 0.813. The molecule has 0 N–H and O–H groups in total. The average Bonchev–Trinajstić information content (AvgIpc) is 3.40. The Labute approximate surface area is 436 Å². The minimum absolute atomic E-state index is 0.0401. The van der Waals surface area contributed by atoms with E-state index in [2.05, 4.69) is 27.4 Å². The van der Waals surface area contributed by atoms with Crippen molar-refractivity contribution < 1.29 is 57.1 Å². The number of benzene rings is 5. The van der Waals surface area contributed by atoms with Crippen molar-refractivity contribution in [2.45, 2.75) is 123 Å². The number of unbranched alkanes of at least 4 members (excludes halogenated alkanes) is 9. The first-order chi connectivity index (χ1) is 35.9. The molecule has 0 spiro atoms. The molecule has 12 nitrogen and oxygen atoms in total. The molecular weight excluding hydrogens is 937 g/mol. The average molecular weight is 1010 g/mol. The summed E-state index contributed by atoms with van der Waals surface area (Å²) in [6.45, 7) is 11.0. The molecule has 5 aromatic rings. The van der Waals surface area contributed by atoms with E-state index in [1.165, 1.54) is 25.7 Å². The van der Waals surface area contributed by atoms with Crippen molar-refractivity contribution in [1.82, 2.24) is 0 Å². The smallest absolute Gasteiger partial charge is 0.343 e. The lowest BCUT2D eigenvalue weighted by Crippen LogP contribution is -2.36. The highest BCUT2D eigenvalue weighted by Crippen LogP contribution is 2.35. The van der Waals surface area contributed by atoms with Crippen molar-refractivity contribution in [3.63, 3.8) is 0 Å². The highest BCUT2D eigenvalue weighted by atomic mass is 16.6. The van der Waals surface area contributed by atoms with Crippen LogP contribution in [0.15, 0.2) is 134 Å². The maximum absolute atomic E-state index is 12.9. The molecule has 74 heavy (non-hydrogen) atoms. The second kappa shape index (κ2) is 30.2. The molecule has 1 fully saturated rings. The number of rotatable bonds is 29. The van der Waals surface area contributed by atoms with Gasteiger partial charge in [-0.1, -0.05) is 83.2 Å². The fraction of sp³-hybridized carbons (Fsp3) is 0.403. The summed E-state index contributed by atoms with van der Waals surface area (Å²) in [5, 5.41) is 0. The lowest BCUT2D eigenvalue weighted by Gasteiger charge is -2.36. The molecule has 0 amide bonds. The normalized spacial score (nSPS) is 15.2. The fourth-order valence-corrected chi connectivity index (χ4v) is 8.85. The summed E-state index contributed by atoms with van der Waals surface area (Å²) in [5.41, 5.74) is 2.83. The molecule has 0 aliphatic heterocycles. The van der Waals surface area contributed by atoms with Gasteiger partial charge in [0.25, 0.3) is 0 Å². The van der Waals surface area contributed by atoms with Crippen LogP contribution in [-0.2, 0) is 19.1 Å². The zero-order chi connectivity index (χ0) is 52.5. The molecule has 1 saturated carbocycles. The zero-order valence-electron chi connectivity index (χ0n) is 43.3. The molecule has 0 saturated heterocycles. The molecule has 0 aromatic heterocycles. The summed E-state index contributed by atoms with van der Waals surface area (Å²) in [4.78, 5) is 63.1. The van der Waals surface area contributed by atoms with E-state index in [4.69, 9.17) is 33.2 Å². The molecule has 6 rings (SSSR count). The van der Waals surface area contributed by atoms with Gasteiger partial charge in [-0.15, -0.1) is 6.58 Å². The number of esters is 5. The van der Waals surface area contributed by atoms with Gasteiger partial charge in [-0.3, -0.25) is 4.79 Å². The molecule has 1 aliphatic carbocycles. The number of allylic oxidation sites excluding steroid dienone is 1. The van der Waals surface area contributed by atoms with Gasteiger partial charge >= 0.3 is 29.8 Å². The molecule has 3 unspecified atom stereocenters. The van der Waals surface area contributed by atoms with Crippen LogP contribution in [0.25, 0.3) is 11.1 Å². The van der Waals surface area contributed by atoms with Crippen LogP contribution in [-0.4, -0.2) is 55.8 Å². The standard InChI is InChI=1S/C62H72O12/c1-5-6-7-8-9-10-11-14-17-58(63)71-52-35-25-48(26-36-52)60(65)69-41-16-13-12-15-40-68-51-29-23-49(24-30-51)61(66)73-54-31-19-46(20-32-54)47-21-33-55(34-22-47)74-62(67)50-27-37-53(38-28-50)72-59(64)43-70-57-42-45(4)18-39-56(57)44(2)3/h5,19-38,44-45,56-57H,1,6-18,39-43H2,2-4H3. The number of ether oxygens (including phenoxy) is 7. The van der Waals surface area contributed by atoms with E-state index in [-0.39, 0.29) is 18.7 Å². The molecule has 3 atom stereocenters. The Bertz CT molecular complexity index is 2530. The van der Waals surface area contributed by atoms with Crippen molar-refractivity contribution in [2.75, 3.05) is 19.8 Å². The minimum atomic E-state index is -0.551. The van der Waals surface area contributed by atoms with E-state index in [0.29, 0.717) is 82.8 Å². The van der Waals surface area contributed by atoms with Crippen molar-refractivity contribution in [3.8, 4) is 39.9 Å². The van der Waals surface area contributed by atoms with Crippen LogP contribution in [0, 0.1) is 17.8 Å². The lowest BCUT2D eigenvalue weighted by molar-refractivity contribution is -0.145. The first-order valence-electron chi connectivity index (χ1n) is 26.3. The highest BCUT2D eigenvalue weighted by Gasteiger charge is 2.32. The van der Waals surface area contributed by atoms with Crippen molar-refractivity contribution in [1.29, 1.82) is 0 Å². The van der Waals surface area contributed by atoms with E-state index in [0.717, 1.165) is 75.3 Å². The van der Waals surface area contributed by atoms with Gasteiger partial charge < -0.3 is 33.2 Å². The number of carbonyl (C=O) groups is 5. The quantitative estimate of drug-likeness (QED) is 0.0194. The molecule has 392 valence electrons. The van der Waals surface area contributed by atoms with Crippen molar-refractivity contribution >= 4 is 29.8 Å². The molecule has 12 heteroatoms. The summed E-state index contributed by atoms with van der Waals surface area (Å²) in [5.74, 6) is 1.39. The summed E-state index contributed by atoms with van der Waals surface area (Å²) >= 11 is 0. The Hall–Kier alpha value is -7.05. The van der Waals surface area contributed by atoms with Gasteiger partial charge in [-0.25, -0.2) is 19.2 Å². The van der Waals surface area contributed by atoms with E-state index in [1.54, 1.807) is 97.1 Å². The van der Waals surface area contributed by atoms with Crippen LogP contribution in [0.4, 0.5) is 0 Å². The predicted octanol–water partition coefficient (Wildman–Crippen LogP) is 14.2. The van der Waals surface area contributed by atoms with E-state index < -0.39 is 23.9 Å². The monoisotopic (exact) mass is 1010 g/mol. The zero-order valence-corrected chi connectivity index (χ0v) is 43.3. The van der Waals surface area contributed by atoms with Crippen LogP contribution in [0.5, 0.6) is 28.7 Å². The van der Waals surface area contributed by atoms with Crippen LogP contribution in [0.1, 0.15) is 148 Å². The fourth-order valence-electron chi connectivity index (χ4n) is 8.85. The van der Waals surface area contributed by atoms with Gasteiger partial charge in [0.2, 0.25) is 0 Å². The SMILES string of the molecule is C=CCCCCCCCCC(=O)Oc1ccc(C(=O)OCCCCCCOc2ccc(C(=O)Oc3ccc(-c4ccc(OC(=O)c5ccc(OC(=O)COC6CC(C)CCC6C(C)C)cc5)cc4)cc3)cc2)cc1. The third-order valence-electron chi connectivity index (χ3n) is 13.2. The third kappa shape index (κ3) is 19.1. The van der Waals surface area contributed by atoms with Gasteiger partial charge in [0.15, 0.2) is 0 Å². The van der Waals surface area contributed by atoms with Gasteiger partial charge in [0, 0.05) is 6.42 Å². The number of hydrogen-bond acceptors (Lipinski definition) is 12. The second-order valence-corrected chi connectivity index (χ2v) is 19.4. The lowest BCUT2D eigenvalue weighted by atomic mass is 9.75. The predicted molar refractivity (Wildman–Crippen MR) is 285 cm³/mol. The molecule has 0 heterocycles. The highest BCUT2D eigenvalue weighted by molar-refractivity contribution is 5.92. The Morgan fingerprint density at radius 2 is 0.959 bits per heavy atom. The molecule has 0 radical (unpaired) electrons. The Morgan fingerprint density at radius 1 is 0.514 bits per heavy atom. The van der Waals surface area contributed by atoms with Gasteiger partial charge in [-0.2, -0.15) is 0 Å². The largest absolute Gasteiger partial charge is 0.494 e. The van der Waals surface area contributed by atoms with Gasteiger partial charge in [0.05, 0.1) is 36.0 Å². The number of hydrogen-bond donors (Lipinski definition) is 0. The minimum Gasteiger partial charge on any atom is -0.494 e. The second-order valence-electron chi connectivity index (χ2n) is 19.4. The van der Waals surface area contributed by atoms with Crippen LogP contribution < -0.4 is 23.7 Å². The van der Waals surface area contributed by atoms with Gasteiger partial charge in [-0.05, 0) is 184 Å². The number of carbonyl (C=O) groups excluding carboxylic acids is 5. The Kier molecular flexibility index (Phi) is 23.0. The van der Waals surface area contributed by atoms with Crippen molar-refractivity contribution in [2.24, 2.45) is 17.8 Å². The third-order valence-corrected chi connectivity index (χ3v) is 13.2.